The zero-order valence-corrected chi connectivity index (χ0v) is 16.7. The molecule has 2 heterocycles. The fourth-order valence-corrected chi connectivity index (χ4v) is 2.92. The van der Waals surface area contributed by atoms with Crippen LogP contribution in [0.15, 0.2) is 53.1 Å². The predicted molar refractivity (Wildman–Crippen MR) is 111 cm³/mol. The summed E-state index contributed by atoms with van der Waals surface area (Å²) in [5.74, 6) is 1.33. The molecule has 0 aliphatic heterocycles. The summed E-state index contributed by atoms with van der Waals surface area (Å²) in [7, 11) is 0. The molecule has 0 radical (unpaired) electrons. The molecule has 26 heavy (non-hydrogen) atoms. The summed E-state index contributed by atoms with van der Waals surface area (Å²) < 4.78 is 1.05. The molecule has 0 saturated heterocycles. The van der Waals surface area contributed by atoms with Crippen LogP contribution in [0.25, 0.3) is 11.4 Å². The number of halogens is 1. The van der Waals surface area contributed by atoms with E-state index in [9.17, 15) is 0 Å². The molecule has 6 heteroatoms. The molecule has 3 rings (SSSR count). The lowest BCUT2D eigenvalue weighted by molar-refractivity contribution is 0.753. The Morgan fingerprint density at radius 1 is 1.08 bits per heavy atom. The topological polar surface area (TPSA) is 62.7 Å². The third-order valence-electron chi connectivity index (χ3n) is 4.09. The summed E-state index contributed by atoms with van der Waals surface area (Å²) in [6.45, 7) is 6.31. The van der Waals surface area contributed by atoms with Gasteiger partial charge in [-0.2, -0.15) is 4.98 Å². The summed E-state index contributed by atoms with van der Waals surface area (Å²) >= 11 is 3.50. The first-order valence-electron chi connectivity index (χ1n) is 8.65. The molecule has 0 aliphatic rings. The number of hydrogen-bond donors (Lipinski definition) is 2. The van der Waals surface area contributed by atoms with Crippen LogP contribution in [-0.2, 0) is 0 Å². The minimum absolute atomic E-state index is 0.288. The van der Waals surface area contributed by atoms with Gasteiger partial charge in [-0.25, -0.2) is 4.98 Å². The van der Waals surface area contributed by atoms with Gasteiger partial charge in [-0.05, 0) is 56.2 Å². The summed E-state index contributed by atoms with van der Waals surface area (Å²) in [5.41, 5.74) is 3.74. The first-order chi connectivity index (χ1) is 12.5. The van der Waals surface area contributed by atoms with Crippen molar-refractivity contribution in [3.63, 3.8) is 0 Å². The van der Waals surface area contributed by atoms with Gasteiger partial charge in [-0.3, -0.25) is 4.98 Å². The van der Waals surface area contributed by atoms with Crippen LogP contribution < -0.4 is 10.6 Å². The number of nitrogens with zero attached hydrogens (tertiary/aromatic N) is 3. The van der Waals surface area contributed by atoms with E-state index in [2.05, 4.69) is 68.4 Å². The first kappa shape index (κ1) is 18.3. The zero-order valence-electron chi connectivity index (χ0n) is 15.1. The van der Waals surface area contributed by atoms with Crippen molar-refractivity contribution in [3.8, 4) is 11.4 Å². The summed E-state index contributed by atoms with van der Waals surface area (Å²) in [5, 5.41) is 6.76. The lowest BCUT2D eigenvalue weighted by Gasteiger charge is -2.15. The number of aryl methyl sites for hydroxylation is 1. The molecule has 0 unspecified atom stereocenters. The Hall–Kier alpha value is -2.47. The molecular weight excluding hydrogens is 390 g/mol. The number of benzene rings is 1. The predicted octanol–water partition coefficient (Wildman–Crippen LogP) is 5.56. The van der Waals surface area contributed by atoms with Crippen molar-refractivity contribution in [2.45, 2.75) is 33.2 Å². The van der Waals surface area contributed by atoms with Crippen LogP contribution in [0, 0.1) is 6.92 Å². The highest BCUT2D eigenvalue weighted by Gasteiger charge is 2.10. The van der Waals surface area contributed by atoms with Gasteiger partial charge >= 0.3 is 0 Å². The first-order valence-corrected chi connectivity index (χ1v) is 9.44. The lowest BCUT2D eigenvalue weighted by atomic mass is 10.2. The largest absolute Gasteiger partial charge is 0.352 e. The van der Waals surface area contributed by atoms with Crippen LogP contribution in [0.5, 0.6) is 0 Å². The molecule has 0 amide bonds. The minimum atomic E-state index is 0.288. The van der Waals surface area contributed by atoms with Crippen molar-refractivity contribution < 1.29 is 0 Å². The number of hydrogen-bond acceptors (Lipinski definition) is 5. The molecule has 2 aromatic heterocycles. The average Bonchev–Trinajstić information content (AvgIpc) is 2.64. The van der Waals surface area contributed by atoms with E-state index in [1.807, 2.05) is 36.4 Å². The van der Waals surface area contributed by atoms with Gasteiger partial charge in [0.1, 0.15) is 5.82 Å². The fourth-order valence-electron chi connectivity index (χ4n) is 2.45. The van der Waals surface area contributed by atoms with Crippen LogP contribution in [0.4, 0.5) is 17.5 Å². The molecule has 5 nitrogen and oxygen atoms in total. The van der Waals surface area contributed by atoms with E-state index in [1.54, 1.807) is 6.20 Å². The number of nitrogens with one attached hydrogen (secondary N) is 2. The van der Waals surface area contributed by atoms with Gasteiger partial charge in [0.25, 0.3) is 0 Å². The van der Waals surface area contributed by atoms with E-state index >= 15 is 0 Å². The molecule has 1 atom stereocenters. The van der Waals surface area contributed by atoms with Crippen LogP contribution in [0.1, 0.15) is 25.8 Å². The van der Waals surface area contributed by atoms with Gasteiger partial charge < -0.3 is 10.6 Å². The Morgan fingerprint density at radius 2 is 1.92 bits per heavy atom. The smallest absolute Gasteiger partial charge is 0.225 e. The van der Waals surface area contributed by atoms with E-state index in [0.29, 0.717) is 5.95 Å². The van der Waals surface area contributed by atoms with Crippen molar-refractivity contribution in [1.29, 1.82) is 0 Å². The van der Waals surface area contributed by atoms with E-state index in [-0.39, 0.29) is 6.04 Å². The summed E-state index contributed by atoms with van der Waals surface area (Å²) in [6.07, 6.45) is 2.76. The third kappa shape index (κ3) is 4.58. The quantitative estimate of drug-likeness (QED) is 0.555. The second-order valence-electron chi connectivity index (χ2n) is 6.21. The van der Waals surface area contributed by atoms with Gasteiger partial charge in [-0.15, -0.1) is 0 Å². The van der Waals surface area contributed by atoms with Gasteiger partial charge in [0.2, 0.25) is 5.95 Å². The van der Waals surface area contributed by atoms with E-state index in [0.717, 1.165) is 39.4 Å². The van der Waals surface area contributed by atoms with Gasteiger partial charge in [-0.1, -0.05) is 28.9 Å². The van der Waals surface area contributed by atoms with E-state index in [4.69, 9.17) is 0 Å². The molecule has 1 aromatic carbocycles. The highest BCUT2D eigenvalue weighted by molar-refractivity contribution is 9.10. The standard InChI is InChI=1S/C20H22BrN5/c1-4-14(3)23-20-25-18(17-7-5-6-10-22-17)12-19(26-20)24-16-9-8-15(21)11-13(16)2/h5-12,14H,4H2,1-3H3,(H2,23,24,25,26)/t14-/m0/s1. The Balaban J connectivity index is 1.98. The molecule has 0 aliphatic carbocycles. The fraction of sp³-hybridized carbons (Fsp3) is 0.250. The minimum Gasteiger partial charge on any atom is -0.352 e. The maximum Gasteiger partial charge on any atom is 0.225 e. The van der Waals surface area contributed by atoms with E-state index in [1.165, 1.54) is 0 Å². The van der Waals surface area contributed by atoms with Gasteiger partial charge in [0.05, 0.1) is 11.4 Å². The van der Waals surface area contributed by atoms with Gasteiger partial charge in [0, 0.05) is 28.5 Å². The second-order valence-corrected chi connectivity index (χ2v) is 7.13. The van der Waals surface area contributed by atoms with Crippen LogP contribution in [-0.4, -0.2) is 21.0 Å². The Labute approximate surface area is 162 Å². The summed E-state index contributed by atoms with van der Waals surface area (Å²) in [4.78, 5) is 13.7. The monoisotopic (exact) mass is 411 g/mol. The second kappa shape index (κ2) is 8.27. The average molecular weight is 412 g/mol. The Morgan fingerprint density at radius 3 is 2.62 bits per heavy atom. The van der Waals surface area contributed by atoms with Gasteiger partial charge in [0.15, 0.2) is 0 Å². The lowest BCUT2D eigenvalue weighted by Crippen LogP contribution is -2.16. The number of pyridine rings is 1. The highest BCUT2D eigenvalue weighted by Crippen LogP contribution is 2.26. The van der Waals surface area contributed by atoms with Crippen LogP contribution in [0.2, 0.25) is 0 Å². The van der Waals surface area contributed by atoms with Crippen LogP contribution in [0.3, 0.4) is 0 Å². The third-order valence-corrected chi connectivity index (χ3v) is 4.59. The molecule has 0 spiro atoms. The number of rotatable bonds is 6. The normalized spacial score (nSPS) is 11.8. The van der Waals surface area contributed by atoms with E-state index < -0.39 is 0 Å². The molecule has 0 saturated carbocycles. The number of aromatic nitrogens is 3. The van der Waals surface area contributed by atoms with Crippen molar-refractivity contribution in [3.05, 3.63) is 58.7 Å². The number of anilines is 3. The van der Waals surface area contributed by atoms with Crippen molar-refractivity contribution in [1.82, 2.24) is 15.0 Å². The van der Waals surface area contributed by atoms with Crippen molar-refractivity contribution in [2.24, 2.45) is 0 Å². The summed E-state index contributed by atoms with van der Waals surface area (Å²) in [6, 6.07) is 14.1. The van der Waals surface area contributed by atoms with Crippen LogP contribution >= 0.6 is 15.9 Å². The molecule has 134 valence electrons. The highest BCUT2D eigenvalue weighted by atomic mass is 79.9. The molecule has 0 fully saturated rings. The zero-order chi connectivity index (χ0) is 18.5. The SMILES string of the molecule is CC[C@H](C)Nc1nc(Nc2ccc(Br)cc2C)cc(-c2ccccn2)n1. The van der Waals surface area contributed by atoms with Crippen molar-refractivity contribution >= 4 is 33.4 Å². The maximum atomic E-state index is 4.64. The Bertz CT molecular complexity index is 883. The molecule has 0 bridgehead atoms. The maximum absolute atomic E-state index is 4.64. The van der Waals surface area contributed by atoms with Crippen molar-refractivity contribution in [2.75, 3.05) is 10.6 Å². The molecule has 3 aromatic rings. The Kier molecular flexibility index (Phi) is 5.83. The molecule has 2 N–H and O–H groups in total. The molecular formula is C20H22BrN5.